The third kappa shape index (κ3) is 3.85. The van der Waals surface area contributed by atoms with Gasteiger partial charge in [0.05, 0.1) is 12.2 Å². The van der Waals surface area contributed by atoms with Gasteiger partial charge in [0.1, 0.15) is 12.4 Å². The lowest BCUT2D eigenvalue weighted by Crippen LogP contribution is -2.37. The van der Waals surface area contributed by atoms with Crippen LogP contribution in [-0.2, 0) is 0 Å². The molecule has 2 rings (SSSR count). The number of hydrogen-bond donors (Lipinski definition) is 1. The zero-order valence-corrected chi connectivity index (χ0v) is 10.3. The van der Waals surface area contributed by atoms with Gasteiger partial charge < -0.3 is 14.8 Å². The fourth-order valence-electron chi connectivity index (χ4n) is 1.78. The van der Waals surface area contributed by atoms with Crippen molar-refractivity contribution in [3.63, 3.8) is 0 Å². The quantitative estimate of drug-likeness (QED) is 0.857. The molecule has 1 N–H and O–H groups in total. The first-order valence-corrected chi connectivity index (χ1v) is 6.10. The first-order valence-electron chi connectivity index (χ1n) is 6.10. The summed E-state index contributed by atoms with van der Waals surface area (Å²) in [6, 6.07) is 1.74. The van der Waals surface area contributed by atoms with Gasteiger partial charge in [0.15, 0.2) is 0 Å². The summed E-state index contributed by atoms with van der Waals surface area (Å²) >= 11 is 0. The van der Waals surface area contributed by atoms with Crippen molar-refractivity contribution in [3.05, 3.63) is 12.4 Å². The molecule has 1 atom stereocenters. The zero-order valence-electron chi connectivity index (χ0n) is 10.3. The van der Waals surface area contributed by atoms with Crippen molar-refractivity contribution in [2.45, 2.75) is 38.9 Å². The van der Waals surface area contributed by atoms with Crippen molar-refractivity contribution in [1.29, 1.82) is 0 Å². The molecule has 1 aliphatic rings. The first kappa shape index (κ1) is 12.1. The first-order chi connectivity index (χ1) is 8.24. The summed E-state index contributed by atoms with van der Waals surface area (Å²) in [5, 5.41) is 3.30. The third-order valence-corrected chi connectivity index (χ3v) is 2.51. The molecular formula is C12H19N3O2. The molecule has 1 aromatic rings. The molecule has 0 aromatic carbocycles. The molecule has 0 bridgehead atoms. The van der Waals surface area contributed by atoms with Gasteiger partial charge in [-0.1, -0.05) is 0 Å². The van der Waals surface area contributed by atoms with Crippen LogP contribution in [0, 0.1) is 0 Å². The highest BCUT2D eigenvalue weighted by Crippen LogP contribution is 2.17. The summed E-state index contributed by atoms with van der Waals surface area (Å²) in [6.45, 7) is 5.89. The van der Waals surface area contributed by atoms with Crippen LogP contribution >= 0.6 is 0 Å². The molecule has 5 nitrogen and oxygen atoms in total. The number of nitrogens with one attached hydrogen (secondary N) is 1. The van der Waals surface area contributed by atoms with Gasteiger partial charge in [-0.2, -0.15) is 0 Å². The van der Waals surface area contributed by atoms with E-state index in [1.165, 1.54) is 6.33 Å². The smallest absolute Gasteiger partial charge is 0.220 e. The van der Waals surface area contributed by atoms with E-state index in [1.54, 1.807) is 6.07 Å². The maximum absolute atomic E-state index is 5.78. The van der Waals surface area contributed by atoms with Crippen molar-refractivity contribution in [1.82, 2.24) is 15.3 Å². The van der Waals surface area contributed by atoms with Crippen LogP contribution in [0.5, 0.6) is 11.8 Å². The van der Waals surface area contributed by atoms with E-state index in [1.807, 2.05) is 13.8 Å². The SMILES string of the molecule is CC(C)Oc1cc(O[C@H]2CCCNC2)ncn1. The minimum atomic E-state index is 0.106. The highest BCUT2D eigenvalue weighted by Gasteiger charge is 2.15. The van der Waals surface area contributed by atoms with Crippen LogP contribution in [0.1, 0.15) is 26.7 Å². The molecule has 0 spiro atoms. The lowest BCUT2D eigenvalue weighted by Gasteiger charge is -2.23. The van der Waals surface area contributed by atoms with Crippen LogP contribution in [-0.4, -0.2) is 35.3 Å². The second-order valence-electron chi connectivity index (χ2n) is 4.45. The van der Waals surface area contributed by atoms with E-state index in [0.717, 1.165) is 25.9 Å². The fraction of sp³-hybridized carbons (Fsp3) is 0.667. The van der Waals surface area contributed by atoms with E-state index in [2.05, 4.69) is 15.3 Å². The van der Waals surface area contributed by atoms with Crippen LogP contribution in [0.4, 0.5) is 0 Å². The van der Waals surface area contributed by atoms with E-state index in [-0.39, 0.29) is 12.2 Å². The van der Waals surface area contributed by atoms with Gasteiger partial charge in [0.25, 0.3) is 0 Å². The van der Waals surface area contributed by atoms with Crippen LogP contribution in [0.3, 0.4) is 0 Å². The van der Waals surface area contributed by atoms with E-state index in [9.17, 15) is 0 Å². The minimum absolute atomic E-state index is 0.106. The van der Waals surface area contributed by atoms with E-state index in [0.29, 0.717) is 11.8 Å². The molecule has 0 saturated carbocycles. The predicted octanol–water partition coefficient (Wildman–Crippen LogP) is 1.39. The Kier molecular flexibility index (Phi) is 4.14. The zero-order chi connectivity index (χ0) is 12.1. The summed E-state index contributed by atoms with van der Waals surface area (Å²) in [7, 11) is 0. The molecule has 5 heteroatoms. The van der Waals surface area contributed by atoms with Gasteiger partial charge in [-0.05, 0) is 33.2 Å². The number of aromatic nitrogens is 2. The number of piperidine rings is 1. The molecule has 2 heterocycles. The molecule has 1 aromatic heterocycles. The Balaban J connectivity index is 1.95. The highest BCUT2D eigenvalue weighted by molar-refractivity contribution is 5.18. The molecule has 0 unspecified atom stereocenters. The van der Waals surface area contributed by atoms with Crippen LogP contribution in [0.2, 0.25) is 0 Å². The van der Waals surface area contributed by atoms with Gasteiger partial charge in [-0.3, -0.25) is 0 Å². The lowest BCUT2D eigenvalue weighted by molar-refractivity contribution is 0.158. The van der Waals surface area contributed by atoms with Gasteiger partial charge >= 0.3 is 0 Å². The Labute approximate surface area is 102 Å². The molecule has 0 amide bonds. The second-order valence-corrected chi connectivity index (χ2v) is 4.45. The molecular weight excluding hydrogens is 218 g/mol. The van der Waals surface area contributed by atoms with Crippen LogP contribution in [0.15, 0.2) is 12.4 Å². The molecule has 1 saturated heterocycles. The fourth-order valence-corrected chi connectivity index (χ4v) is 1.78. The van der Waals surface area contributed by atoms with Crippen molar-refractivity contribution in [3.8, 4) is 11.8 Å². The van der Waals surface area contributed by atoms with Crippen molar-refractivity contribution in [2.24, 2.45) is 0 Å². The number of nitrogens with zero attached hydrogens (tertiary/aromatic N) is 2. The number of rotatable bonds is 4. The van der Waals surface area contributed by atoms with E-state index >= 15 is 0 Å². The average molecular weight is 237 g/mol. The van der Waals surface area contributed by atoms with Crippen LogP contribution < -0.4 is 14.8 Å². The Morgan fingerprint density at radius 1 is 1.35 bits per heavy atom. The van der Waals surface area contributed by atoms with Crippen molar-refractivity contribution in [2.75, 3.05) is 13.1 Å². The van der Waals surface area contributed by atoms with Gasteiger partial charge in [-0.15, -0.1) is 0 Å². The Morgan fingerprint density at radius 2 is 2.18 bits per heavy atom. The summed E-state index contributed by atoms with van der Waals surface area (Å²) < 4.78 is 11.3. The molecule has 94 valence electrons. The van der Waals surface area contributed by atoms with Crippen molar-refractivity contribution >= 4 is 0 Å². The number of ether oxygens (including phenoxy) is 2. The van der Waals surface area contributed by atoms with Gasteiger partial charge in [0, 0.05) is 6.54 Å². The normalized spacial score (nSPS) is 20.3. The minimum Gasteiger partial charge on any atom is -0.475 e. The molecule has 0 aliphatic carbocycles. The van der Waals surface area contributed by atoms with Crippen molar-refractivity contribution < 1.29 is 9.47 Å². The highest BCUT2D eigenvalue weighted by atomic mass is 16.5. The maximum Gasteiger partial charge on any atom is 0.220 e. The lowest BCUT2D eigenvalue weighted by atomic mass is 10.1. The molecule has 1 aliphatic heterocycles. The predicted molar refractivity (Wildman–Crippen MR) is 64.3 cm³/mol. The molecule has 17 heavy (non-hydrogen) atoms. The molecule has 1 fully saturated rings. The summed E-state index contributed by atoms with van der Waals surface area (Å²) in [6.07, 6.45) is 3.99. The molecule has 0 radical (unpaired) electrons. The third-order valence-electron chi connectivity index (χ3n) is 2.51. The summed E-state index contributed by atoms with van der Waals surface area (Å²) in [4.78, 5) is 8.14. The number of hydrogen-bond acceptors (Lipinski definition) is 5. The average Bonchev–Trinajstić information content (AvgIpc) is 2.30. The van der Waals surface area contributed by atoms with E-state index < -0.39 is 0 Å². The standard InChI is InChI=1S/C12H19N3O2/c1-9(2)16-11-6-12(15-8-14-11)17-10-4-3-5-13-7-10/h6,8-10,13H,3-5,7H2,1-2H3/t10-/m0/s1. The van der Waals surface area contributed by atoms with E-state index in [4.69, 9.17) is 9.47 Å². The van der Waals surface area contributed by atoms with Gasteiger partial charge in [-0.25, -0.2) is 9.97 Å². The van der Waals surface area contributed by atoms with Gasteiger partial charge in [0.2, 0.25) is 11.8 Å². The summed E-state index contributed by atoms with van der Waals surface area (Å²) in [5.74, 6) is 1.15. The monoisotopic (exact) mass is 237 g/mol. The second kappa shape index (κ2) is 5.82. The Bertz CT molecular complexity index is 351. The maximum atomic E-state index is 5.78. The largest absolute Gasteiger partial charge is 0.475 e. The Hall–Kier alpha value is -1.36. The Morgan fingerprint density at radius 3 is 2.88 bits per heavy atom. The summed E-state index contributed by atoms with van der Waals surface area (Å²) in [5.41, 5.74) is 0. The van der Waals surface area contributed by atoms with Crippen LogP contribution in [0.25, 0.3) is 0 Å². The topological polar surface area (TPSA) is 56.3 Å².